The molecule has 0 atom stereocenters. The van der Waals surface area contributed by atoms with Crippen LogP contribution in [0.4, 0.5) is 0 Å². The molecule has 3 heterocycles. The number of nitrogens with zero attached hydrogens (tertiary/aromatic N) is 4. The third-order valence-electron chi connectivity index (χ3n) is 5.96. The molecule has 5 nitrogen and oxygen atoms in total. The zero-order valence-electron chi connectivity index (χ0n) is 17.3. The van der Waals surface area contributed by atoms with E-state index in [0.29, 0.717) is 6.42 Å². The average molecular weight is 396 g/mol. The van der Waals surface area contributed by atoms with E-state index in [1.165, 1.54) is 11.1 Å². The second-order valence-electron chi connectivity index (χ2n) is 8.20. The van der Waals surface area contributed by atoms with Crippen LogP contribution in [0.1, 0.15) is 27.2 Å². The van der Waals surface area contributed by atoms with Crippen LogP contribution in [-0.2, 0) is 26.4 Å². The molecule has 1 aliphatic heterocycles. The molecule has 1 aliphatic rings. The van der Waals surface area contributed by atoms with Crippen LogP contribution in [0.2, 0.25) is 0 Å². The molecule has 0 spiro atoms. The van der Waals surface area contributed by atoms with E-state index in [2.05, 4.69) is 52.2 Å². The Morgan fingerprint density at radius 2 is 1.90 bits per heavy atom. The number of pyridine rings is 1. The van der Waals surface area contributed by atoms with Crippen LogP contribution >= 0.6 is 0 Å². The first kappa shape index (κ1) is 18.7. The zero-order valence-corrected chi connectivity index (χ0v) is 17.3. The molecule has 2 aromatic heterocycles. The molecule has 0 amide bonds. The van der Waals surface area contributed by atoms with E-state index in [1.54, 1.807) is 6.33 Å². The van der Waals surface area contributed by atoms with Crippen molar-refractivity contribution in [3.05, 3.63) is 83.6 Å². The number of Topliss-reactive ketones (excluding diaryl/α,β-unsaturated/α-hetero) is 1. The Balaban J connectivity index is 1.41. The maximum absolute atomic E-state index is 12.9. The third-order valence-corrected chi connectivity index (χ3v) is 5.96. The van der Waals surface area contributed by atoms with Crippen molar-refractivity contribution in [3.8, 4) is 11.3 Å². The standard InChI is InChI=1S/C25H24N4O/c1-28-8-7-17-9-19(4-6-21(17)15-28)25(30)12-23-11-22-10-18(3-5-20(22)13-27-23)24-14-26-16-29(24)2/h3-6,9-11,13-14,16H,7-8,12,15H2,1-2H3. The van der Waals surface area contributed by atoms with Gasteiger partial charge in [-0.25, -0.2) is 4.98 Å². The number of rotatable bonds is 4. The van der Waals surface area contributed by atoms with Crippen LogP contribution in [0.3, 0.4) is 0 Å². The van der Waals surface area contributed by atoms with Crippen molar-refractivity contribution in [2.24, 2.45) is 7.05 Å². The summed E-state index contributed by atoms with van der Waals surface area (Å²) in [5.41, 5.74) is 6.37. The van der Waals surface area contributed by atoms with Gasteiger partial charge in [0.05, 0.1) is 24.6 Å². The van der Waals surface area contributed by atoms with Crippen molar-refractivity contribution >= 4 is 16.6 Å². The van der Waals surface area contributed by atoms with Crippen molar-refractivity contribution in [2.75, 3.05) is 13.6 Å². The molecule has 0 N–H and O–H groups in total. The molecular formula is C25H24N4O. The summed E-state index contributed by atoms with van der Waals surface area (Å²) >= 11 is 0. The van der Waals surface area contributed by atoms with Crippen molar-refractivity contribution in [3.63, 3.8) is 0 Å². The molecule has 0 aliphatic carbocycles. The molecule has 4 aromatic rings. The number of imidazole rings is 1. The summed E-state index contributed by atoms with van der Waals surface area (Å²) in [5, 5.41) is 2.15. The van der Waals surface area contributed by atoms with E-state index in [4.69, 9.17) is 0 Å². The van der Waals surface area contributed by atoms with Gasteiger partial charge in [0.15, 0.2) is 5.78 Å². The topological polar surface area (TPSA) is 51.0 Å². The van der Waals surface area contributed by atoms with Gasteiger partial charge in [-0.1, -0.05) is 24.3 Å². The predicted molar refractivity (Wildman–Crippen MR) is 118 cm³/mol. The molecule has 30 heavy (non-hydrogen) atoms. The number of aryl methyl sites for hydroxylation is 1. The fourth-order valence-corrected chi connectivity index (χ4v) is 4.21. The number of carbonyl (C=O) groups excluding carboxylic acids is 1. The van der Waals surface area contributed by atoms with Crippen molar-refractivity contribution < 1.29 is 4.79 Å². The van der Waals surface area contributed by atoms with Gasteiger partial charge in [0.2, 0.25) is 0 Å². The number of carbonyl (C=O) groups is 1. The lowest BCUT2D eigenvalue weighted by molar-refractivity contribution is 0.0992. The largest absolute Gasteiger partial charge is 0.334 e. The van der Waals surface area contributed by atoms with Crippen LogP contribution in [0.5, 0.6) is 0 Å². The first-order valence-electron chi connectivity index (χ1n) is 10.3. The van der Waals surface area contributed by atoms with Gasteiger partial charge in [-0.2, -0.15) is 0 Å². The minimum Gasteiger partial charge on any atom is -0.334 e. The summed E-state index contributed by atoms with van der Waals surface area (Å²) < 4.78 is 2.00. The molecule has 0 radical (unpaired) electrons. The van der Waals surface area contributed by atoms with Crippen LogP contribution in [0.25, 0.3) is 22.0 Å². The summed E-state index contributed by atoms with van der Waals surface area (Å²) in [5.74, 6) is 0.117. The Morgan fingerprint density at radius 1 is 1.00 bits per heavy atom. The smallest absolute Gasteiger partial charge is 0.168 e. The van der Waals surface area contributed by atoms with Crippen LogP contribution in [0, 0.1) is 0 Å². The van der Waals surface area contributed by atoms with Gasteiger partial charge in [-0.3, -0.25) is 9.78 Å². The van der Waals surface area contributed by atoms with Gasteiger partial charge in [-0.15, -0.1) is 0 Å². The van der Waals surface area contributed by atoms with Crippen molar-refractivity contribution in [1.29, 1.82) is 0 Å². The molecule has 0 saturated heterocycles. The van der Waals surface area contributed by atoms with E-state index < -0.39 is 0 Å². The van der Waals surface area contributed by atoms with Crippen LogP contribution < -0.4 is 0 Å². The number of aromatic nitrogens is 3. The molecule has 0 bridgehead atoms. The van der Waals surface area contributed by atoms with Gasteiger partial charge >= 0.3 is 0 Å². The number of benzene rings is 2. The summed E-state index contributed by atoms with van der Waals surface area (Å²) in [6.07, 6.45) is 6.82. The van der Waals surface area contributed by atoms with Gasteiger partial charge in [-0.05, 0) is 48.2 Å². The Labute approximate surface area is 176 Å². The molecule has 5 heteroatoms. The first-order chi connectivity index (χ1) is 14.6. The van der Waals surface area contributed by atoms with Gasteiger partial charge in [0, 0.05) is 48.5 Å². The lowest BCUT2D eigenvalue weighted by Crippen LogP contribution is -2.26. The van der Waals surface area contributed by atoms with E-state index in [-0.39, 0.29) is 5.78 Å². The second-order valence-corrected chi connectivity index (χ2v) is 8.20. The Morgan fingerprint density at radius 3 is 2.73 bits per heavy atom. The van der Waals surface area contributed by atoms with E-state index in [0.717, 1.165) is 52.8 Å². The Kier molecular flexibility index (Phi) is 4.68. The fourth-order valence-electron chi connectivity index (χ4n) is 4.21. The number of ketones is 1. The monoisotopic (exact) mass is 396 g/mol. The van der Waals surface area contributed by atoms with Gasteiger partial charge in [0.1, 0.15) is 0 Å². The van der Waals surface area contributed by atoms with Crippen LogP contribution in [0.15, 0.2) is 61.2 Å². The Bertz CT molecular complexity index is 1260. The molecule has 0 saturated carbocycles. The van der Waals surface area contributed by atoms with Gasteiger partial charge in [0.25, 0.3) is 0 Å². The highest BCUT2D eigenvalue weighted by molar-refractivity contribution is 5.98. The molecular weight excluding hydrogens is 372 g/mol. The highest BCUT2D eigenvalue weighted by Crippen LogP contribution is 2.25. The zero-order chi connectivity index (χ0) is 20.7. The number of likely N-dealkylation sites (N-methyl/N-ethyl adjacent to an activating group) is 1. The van der Waals surface area contributed by atoms with E-state index in [9.17, 15) is 4.79 Å². The normalized spacial score (nSPS) is 14.1. The maximum Gasteiger partial charge on any atom is 0.168 e. The van der Waals surface area contributed by atoms with Crippen LogP contribution in [-0.4, -0.2) is 38.8 Å². The molecule has 0 unspecified atom stereocenters. The summed E-state index contributed by atoms with van der Waals surface area (Å²) in [7, 11) is 4.12. The minimum atomic E-state index is 0.117. The molecule has 5 rings (SSSR count). The highest BCUT2D eigenvalue weighted by atomic mass is 16.1. The quantitative estimate of drug-likeness (QED) is 0.489. The maximum atomic E-state index is 12.9. The number of hydrogen-bond acceptors (Lipinski definition) is 4. The predicted octanol–water partition coefficient (Wildman–Crippen LogP) is 4.05. The molecule has 150 valence electrons. The summed E-state index contributed by atoms with van der Waals surface area (Å²) in [6, 6.07) is 14.4. The lowest BCUT2D eigenvalue weighted by Gasteiger charge is -2.25. The van der Waals surface area contributed by atoms with E-state index in [1.807, 2.05) is 36.1 Å². The third kappa shape index (κ3) is 3.53. The molecule has 0 fully saturated rings. The fraction of sp³-hybridized carbons (Fsp3) is 0.240. The minimum absolute atomic E-state index is 0.117. The SMILES string of the molecule is CN1CCc2cc(C(=O)Cc3cc4cc(-c5cncn5C)ccc4cn3)ccc2C1. The second kappa shape index (κ2) is 7.50. The lowest BCUT2D eigenvalue weighted by atomic mass is 9.95. The number of hydrogen-bond donors (Lipinski definition) is 0. The number of fused-ring (bicyclic) bond motifs is 2. The highest BCUT2D eigenvalue weighted by Gasteiger charge is 2.16. The average Bonchev–Trinajstić information content (AvgIpc) is 3.18. The summed E-state index contributed by atoms with van der Waals surface area (Å²) in [4.78, 5) is 24.0. The van der Waals surface area contributed by atoms with E-state index >= 15 is 0 Å². The van der Waals surface area contributed by atoms with Crippen molar-refractivity contribution in [2.45, 2.75) is 19.4 Å². The van der Waals surface area contributed by atoms with Gasteiger partial charge < -0.3 is 9.47 Å². The molecule has 2 aromatic carbocycles. The van der Waals surface area contributed by atoms with Crippen molar-refractivity contribution in [1.82, 2.24) is 19.4 Å². The Hall–Kier alpha value is -3.31. The first-order valence-corrected chi connectivity index (χ1v) is 10.3. The summed E-state index contributed by atoms with van der Waals surface area (Å²) in [6.45, 7) is 1.99.